The van der Waals surface area contributed by atoms with Crippen molar-refractivity contribution < 1.29 is 14.7 Å². The van der Waals surface area contributed by atoms with Crippen LogP contribution in [-0.4, -0.2) is 28.9 Å². The van der Waals surface area contributed by atoms with Gasteiger partial charge in [-0.05, 0) is 35.9 Å². The maximum Gasteiger partial charge on any atom is 0.328 e. The van der Waals surface area contributed by atoms with Gasteiger partial charge in [0.15, 0.2) is 0 Å². The largest absolute Gasteiger partial charge is 0.478 e. The third-order valence-corrected chi connectivity index (χ3v) is 4.76. The molecule has 2 rings (SSSR count). The highest BCUT2D eigenvalue weighted by molar-refractivity contribution is 7.10. The summed E-state index contributed by atoms with van der Waals surface area (Å²) >= 11 is 1.56. The second kappa shape index (κ2) is 7.41. The van der Waals surface area contributed by atoms with Crippen LogP contribution in [0.1, 0.15) is 42.5 Å². The molecule has 1 amide bonds. The fraction of sp³-hybridized carbons (Fsp3) is 0.500. The molecule has 0 aromatic carbocycles. The van der Waals surface area contributed by atoms with Crippen LogP contribution in [0.25, 0.3) is 6.08 Å². The molecule has 1 N–H and O–H groups in total. The molecule has 1 saturated carbocycles. The van der Waals surface area contributed by atoms with Gasteiger partial charge in [-0.15, -0.1) is 11.3 Å². The van der Waals surface area contributed by atoms with Crippen LogP contribution in [-0.2, 0) is 16.1 Å². The number of thiophene rings is 1. The van der Waals surface area contributed by atoms with Gasteiger partial charge in [0.25, 0.3) is 0 Å². The van der Waals surface area contributed by atoms with Crippen molar-refractivity contribution >= 4 is 29.3 Å². The Kier molecular flexibility index (Phi) is 5.56. The van der Waals surface area contributed by atoms with Gasteiger partial charge in [-0.25, -0.2) is 4.79 Å². The normalized spacial score (nSPS) is 16.2. The molecule has 4 nitrogen and oxygen atoms in total. The summed E-state index contributed by atoms with van der Waals surface area (Å²) in [6.45, 7) is 0.598. The quantitative estimate of drug-likeness (QED) is 0.848. The molecule has 1 aliphatic carbocycles. The van der Waals surface area contributed by atoms with E-state index in [2.05, 4.69) is 0 Å². The first-order valence-corrected chi connectivity index (χ1v) is 8.17. The standard InChI is InChI=1S/C16H21NO3S/c1-17(16(20)13-5-3-2-4-6-13)10-14-9-12(11-21-14)7-8-15(18)19/h7-9,11,13H,2-6,10H2,1H3,(H,18,19). The first-order chi connectivity index (χ1) is 10.1. The second-order valence-electron chi connectivity index (χ2n) is 5.55. The summed E-state index contributed by atoms with van der Waals surface area (Å²) in [6.07, 6.45) is 8.30. The topological polar surface area (TPSA) is 57.6 Å². The number of carboxylic acids is 1. The van der Waals surface area contributed by atoms with Gasteiger partial charge in [-0.3, -0.25) is 4.79 Å². The van der Waals surface area contributed by atoms with Crippen LogP contribution < -0.4 is 0 Å². The molecule has 0 bridgehead atoms. The Morgan fingerprint density at radius 3 is 2.76 bits per heavy atom. The molecule has 0 spiro atoms. The number of carboxylic acid groups (broad SMARTS) is 1. The predicted molar refractivity (Wildman–Crippen MR) is 84.0 cm³/mol. The Morgan fingerprint density at radius 1 is 1.38 bits per heavy atom. The number of rotatable bonds is 5. The van der Waals surface area contributed by atoms with E-state index in [-0.39, 0.29) is 11.8 Å². The first kappa shape index (κ1) is 15.8. The van der Waals surface area contributed by atoms with E-state index < -0.39 is 5.97 Å². The van der Waals surface area contributed by atoms with Crippen molar-refractivity contribution in [2.75, 3.05) is 7.05 Å². The van der Waals surface area contributed by atoms with Gasteiger partial charge < -0.3 is 10.0 Å². The average Bonchev–Trinajstić information content (AvgIpc) is 2.92. The number of carbonyl (C=O) groups is 2. The summed E-state index contributed by atoms with van der Waals surface area (Å²) in [7, 11) is 1.85. The number of hydrogen-bond acceptors (Lipinski definition) is 3. The van der Waals surface area contributed by atoms with Gasteiger partial charge in [-0.1, -0.05) is 19.3 Å². The first-order valence-electron chi connectivity index (χ1n) is 7.29. The molecule has 1 aliphatic rings. The molecule has 21 heavy (non-hydrogen) atoms. The molecule has 1 aromatic rings. The van der Waals surface area contributed by atoms with E-state index in [9.17, 15) is 9.59 Å². The van der Waals surface area contributed by atoms with Gasteiger partial charge in [0.2, 0.25) is 5.91 Å². The summed E-state index contributed by atoms with van der Waals surface area (Å²) in [5, 5.41) is 10.5. The van der Waals surface area contributed by atoms with Gasteiger partial charge in [0.05, 0.1) is 6.54 Å². The van der Waals surface area contributed by atoms with Crippen LogP contribution in [0.3, 0.4) is 0 Å². The summed E-state index contributed by atoms with van der Waals surface area (Å²) in [5.74, 6) is -0.520. The van der Waals surface area contributed by atoms with Crippen LogP contribution in [0, 0.1) is 5.92 Å². The Balaban J connectivity index is 1.91. The highest BCUT2D eigenvalue weighted by Gasteiger charge is 2.24. The number of hydrogen-bond donors (Lipinski definition) is 1. The summed E-state index contributed by atoms with van der Waals surface area (Å²) in [5.41, 5.74) is 0.871. The minimum Gasteiger partial charge on any atom is -0.478 e. The van der Waals surface area contributed by atoms with Crippen LogP contribution in [0.15, 0.2) is 17.5 Å². The van der Waals surface area contributed by atoms with Crippen LogP contribution in [0.4, 0.5) is 0 Å². The number of aliphatic carboxylic acids is 1. The smallest absolute Gasteiger partial charge is 0.328 e. The Labute approximate surface area is 129 Å². The maximum absolute atomic E-state index is 12.4. The highest BCUT2D eigenvalue weighted by atomic mass is 32.1. The zero-order valence-electron chi connectivity index (χ0n) is 12.2. The van der Waals surface area contributed by atoms with Crippen molar-refractivity contribution in [2.24, 2.45) is 5.92 Å². The molecular formula is C16H21NO3S. The molecule has 1 heterocycles. The molecule has 0 aliphatic heterocycles. The van der Waals surface area contributed by atoms with Crippen molar-refractivity contribution in [1.29, 1.82) is 0 Å². The summed E-state index contributed by atoms with van der Waals surface area (Å²) in [6, 6.07) is 1.94. The van der Waals surface area contributed by atoms with Crippen LogP contribution in [0.5, 0.6) is 0 Å². The van der Waals surface area contributed by atoms with Crippen molar-refractivity contribution in [3.05, 3.63) is 28.0 Å². The van der Waals surface area contributed by atoms with Crippen LogP contribution in [0.2, 0.25) is 0 Å². The van der Waals surface area contributed by atoms with Crippen molar-refractivity contribution in [3.8, 4) is 0 Å². The van der Waals surface area contributed by atoms with Gasteiger partial charge in [-0.2, -0.15) is 0 Å². The van der Waals surface area contributed by atoms with Crippen molar-refractivity contribution in [3.63, 3.8) is 0 Å². The third kappa shape index (κ3) is 4.70. The lowest BCUT2D eigenvalue weighted by molar-refractivity contribution is -0.135. The number of amides is 1. The van der Waals surface area contributed by atoms with Gasteiger partial charge >= 0.3 is 5.97 Å². The molecule has 114 valence electrons. The van der Waals surface area contributed by atoms with E-state index in [1.54, 1.807) is 22.3 Å². The van der Waals surface area contributed by atoms with E-state index in [0.29, 0.717) is 6.54 Å². The molecule has 0 atom stereocenters. The fourth-order valence-electron chi connectivity index (χ4n) is 2.71. The minimum absolute atomic E-state index is 0.190. The summed E-state index contributed by atoms with van der Waals surface area (Å²) < 4.78 is 0. The fourth-order valence-corrected chi connectivity index (χ4v) is 3.61. The van der Waals surface area contributed by atoms with E-state index in [1.807, 2.05) is 18.5 Å². The van der Waals surface area contributed by atoms with Crippen molar-refractivity contribution in [1.82, 2.24) is 4.90 Å². The van der Waals surface area contributed by atoms with E-state index in [1.165, 1.54) is 6.42 Å². The van der Waals surface area contributed by atoms with Crippen molar-refractivity contribution in [2.45, 2.75) is 38.6 Å². The third-order valence-electron chi connectivity index (χ3n) is 3.82. The van der Waals surface area contributed by atoms with E-state index in [0.717, 1.165) is 42.2 Å². The average molecular weight is 307 g/mol. The lowest BCUT2D eigenvalue weighted by Crippen LogP contribution is -2.33. The Hall–Kier alpha value is -1.62. The lowest BCUT2D eigenvalue weighted by Gasteiger charge is -2.26. The molecular weight excluding hydrogens is 286 g/mol. The van der Waals surface area contributed by atoms with Gasteiger partial charge in [0.1, 0.15) is 0 Å². The molecule has 1 aromatic heterocycles. The van der Waals surface area contributed by atoms with E-state index in [4.69, 9.17) is 5.11 Å². The SMILES string of the molecule is CN(Cc1cc(C=CC(=O)O)cs1)C(=O)C1CCCCC1. The van der Waals surface area contributed by atoms with E-state index >= 15 is 0 Å². The number of nitrogens with zero attached hydrogens (tertiary/aromatic N) is 1. The Bertz CT molecular complexity index is 529. The minimum atomic E-state index is -0.952. The number of carbonyl (C=O) groups excluding carboxylic acids is 1. The molecule has 0 unspecified atom stereocenters. The maximum atomic E-state index is 12.4. The zero-order valence-corrected chi connectivity index (χ0v) is 13.1. The predicted octanol–water partition coefficient (Wildman–Crippen LogP) is 3.38. The molecule has 0 saturated heterocycles. The molecule has 5 heteroatoms. The Morgan fingerprint density at radius 2 is 2.10 bits per heavy atom. The van der Waals surface area contributed by atoms with Gasteiger partial charge in [0, 0.05) is 23.9 Å². The monoisotopic (exact) mass is 307 g/mol. The molecule has 0 radical (unpaired) electrons. The lowest BCUT2D eigenvalue weighted by atomic mass is 9.88. The highest BCUT2D eigenvalue weighted by Crippen LogP contribution is 2.26. The van der Waals surface area contributed by atoms with Crippen LogP contribution >= 0.6 is 11.3 Å². The zero-order chi connectivity index (χ0) is 15.2. The summed E-state index contributed by atoms with van der Waals surface area (Å²) in [4.78, 5) is 25.7. The molecule has 1 fully saturated rings. The second-order valence-corrected chi connectivity index (χ2v) is 6.54.